The summed E-state index contributed by atoms with van der Waals surface area (Å²) in [4.78, 5) is 18.8. The molecule has 2 N–H and O–H groups in total. The minimum atomic E-state index is -4.65. The van der Waals surface area contributed by atoms with Crippen LogP contribution in [-0.4, -0.2) is 87.1 Å². The average molecular weight is 682 g/mol. The molecule has 2 aromatic heterocycles. The van der Waals surface area contributed by atoms with Crippen LogP contribution in [0.15, 0.2) is 22.7 Å². The van der Waals surface area contributed by atoms with Crippen LogP contribution in [0.25, 0.3) is 11.3 Å². The number of aryl methyl sites for hydroxylation is 1. The van der Waals surface area contributed by atoms with Crippen LogP contribution < -0.4 is 5.32 Å². The molecule has 0 aliphatic carbocycles. The number of amides is 1. The molecule has 1 unspecified atom stereocenters. The molecule has 47 heavy (non-hydrogen) atoms. The molecule has 1 fully saturated rings. The fraction of sp³-hybridized carbons (Fsp3) is 0.613. The lowest BCUT2D eigenvalue weighted by molar-refractivity contribution is -0.138. The molecule has 12 nitrogen and oxygen atoms in total. The Balaban J connectivity index is 1.38. The van der Waals surface area contributed by atoms with Gasteiger partial charge in [0.15, 0.2) is 5.82 Å². The molecular formula is C31H42F3N7O5S. The molecule has 0 bridgehead atoms. The Morgan fingerprint density at radius 2 is 1.89 bits per heavy atom. The predicted molar refractivity (Wildman–Crippen MR) is 166 cm³/mol. The molecule has 0 radical (unpaired) electrons. The smallest absolute Gasteiger partial charge is 0.390 e. The second kappa shape index (κ2) is 14.0. The van der Waals surface area contributed by atoms with Crippen LogP contribution in [0.2, 0.25) is 0 Å². The maximum Gasteiger partial charge on any atom is 0.416 e. The van der Waals surface area contributed by atoms with Gasteiger partial charge in [-0.2, -0.15) is 27.6 Å². The van der Waals surface area contributed by atoms with Gasteiger partial charge in [0, 0.05) is 61.8 Å². The van der Waals surface area contributed by atoms with Gasteiger partial charge in [-0.1, -0.05) is 25.1 Å². The van der Waals surface area contributed by atoms with Gasteiger partial charge in [-0.25, -0.2) is 8.42 Å². The standard InChI is InChI=1S/C31H42F3N7O5S/c1-19(2)13-28(43)35-15-23-14-22(5-6-26(23)31(32,33)34)29-25-18-40(47(4,44)45)12-9-27(25)41(37-29)17-24(42)16-39-10-7-21(8-11-39)30-36-20(3)38-46-30/h5-6,14,19,21,24,42H,7-13,15-18H2,1-4H3,(H,35,43). The van der Waals surface area contributed by atoms with Gasteiger partial charge in [0.2, 0.25) is 21.8 Å². The number of aliphatic hydroxyl groups is 1. The Labute approximate surface area is 272 Å². The van der Waals surface area contributed by atoms with Gasteiger partial charge in [0.25, 0.3) is 0 Å². The van der Waals surface area contributed by atoms with E-state index in [0.717, 1.165) is 43.9 Å². The van der Waals surface area contributed by atoms with Gasteiger partial charge < -0.3 is 19.8 Å². The van der Waals surface area contributed by atoms with Crippen molar-refractivity contribution < 1.29 is 36.0 Å². The summed E-state index contributed by atoms with van der Waals surface area (Å²) in [6.45, 7) is 7.35. The van der Waals surface area contributed by atoms with Gasteiger partial charge >= 0.3 is 6.18 Å². The lowest BCUT2D eigenvalue weighted by Crippen LogP contribution is -2.40. The molecule has 1 amide bonds. The molecule has 5 rings (SSSR count). The Kier molecular flexibility index (Phi) is 10.4. The normalized spacial score (nSPS) is 17.6. The third-order valence-electron chi connectivity index (χ3n) is 8.65. The number of hydrogen-bond donors (Lipinski definition) is 2. The quantitative estimate of drug-likeness (QED) is 0.311. The third-order valence-corrected chi connectivity index (χ3v) is 9.90. The summed E-state index contributed by atoms with van der Waals surface area (Å²) >= 11 is 0. The van der Waals surface area contributed by atoms with E-state index in [4.69, 9.17) is 9.62 Å². The number of hydrogen-bond acceptors (Lipinski definition) is 9. The maximum atomic E-state index is 14.0. The van der Waals surface area contributed by atoms with Gasteiger partial charge in [-0.15, -0.1) is 0 Å². The highest BCUT2D eigenvalue weighted by molar-refractivity contribution is 7.88. The zero-order chi connectivity index (χ0) is 34.1. The largest absolute Gasteiger partial charge is 0.416 e. The van der Waals surface area contributed by atoms with Crippen LogP contribution in [0.1, 0.15) is 73.1 Å². The van der Waals surface area contributed by atoms with Gasteiger partial charge in [-0.05, 0) is 56.5 Å². The summed E-state index contributed by atoms with van der Waals surface area (Å²) in [6.07, 6.45) is -2.21. The van der Waals surface area contributed by atoms with E-state index in [9.17, 15) is 31.5 Å². The minimum Gasteiger partial charge on any atom is -0.390 e. The first-order valence-electron chi connectivity index (χ1n) is 15.8. The van der Waals surface area contributed by atoms with Crippen LogP contribution in [0.4, 0.5) is 13.2 Å². The van der Waals surface area contributed by atoms with E-state index >= 15 is 0 Å². The molecular weight excluding hydrogens is 639 g/mol. The highest BCUT2D eigenvalue weighted by Crippen LogP contribution is 2.37. The molecule has 1 aromatic carbocycles. The van der Waals surface area contributed by atoms with Crippen LogP contribution >= 0.6 is 0 Å². The number of piperidine rings is 1. The number of halogens is 3. The molecule has 1 saturated heterocycles. The number of likely N-dealkylation sites (tertiary alicyclic amines) is 1. The van der Waals surface area contributed by atoms with Crippen molar-refractivity contribution in [3.8, 4) is 11.3 Å². The van der Waals surface area contributed by atoms with Crippen molar-refractivity contribution in [2.45, 2.75) is 84.3 Å². The predicted octanol–water partition coefficient (Wildman–Crippen LogP) is 3.48. The van der Waals surface area contributed by atoms with Crippen LogP contribution in [0, 0.1) is 12.8 Å². The molecule has 0 spiro atoms. The number of nitrogens with zero attached hydrogens (tertiary/aromatic N) is 6. The highest BCUT2D eigenvalue weighted by Gasteiger charge is 2.35. The van der Waals surface area contributed by atoms with Crippen LogP contribution in [0.5, 0.6) is 0 Å². The summed E-state index contributed by atoms with van der Waals surface area (Å²) < 4.78 is 75.2. The van der Waals surface area contributed by atoms with Gasteiger partial charge in [-0.3, -0.25) is 9.48 Å². The van der Waals surface area contributed by atoms with Crippen molar-refractivity contribution in [3.63, 3.8) is 0 Å². The summed E-state index contributed by atoms with van der Waals surface area (Å²) in [6, 6.07) is 3.65. The number of aliphatic hydroxyl groups excluding tert-OH is 1. The van der Waals surface area contributed by atoms with Crippen molar-refractivity contribution in [2.24, 2.45) is 5.92 Å². The van der Waals surface area contributed by atoms with Crippen LogP contribution in [-0.2, 0) is 47.0 Å². The van der Waals surface area contributed by atoms with Gasteiger partial charge in [0.1, 0.15) is 0 Å². The number of β-amino-alcohol motifs (C(OH)–C–C–N with tert-alkyl or cyclic N) is 1. The summed E-state index contributed by atoms with van der Waals surface area (Å²) in [5.74, 6) is 1.08. The summed E-state index contributed by atoms with van der Waals surface area (Å²) in [7, 11) is -3.56. The number of benzene rings is 1. The fourth-order valence-electron chi connectivity index (χ4n) is 6.33. The first-order valence-corrected chi connectivity index (χ1v) is 17.6. The zero-order valence-electron chi connectivity index (χ0n) is 27.0. The Morgan fingerprint density at radius 3 is 2.51 bits per heavy atom. The van der Waals surface area contributed by atoms with E-state index in [1.807, 2.05) is 13.8 Å². The van der Waals surface area contributed by atoms with E-state index < -0.39 is 27.9 Å². The Hall–Kier alpha value is -3.34. The molecule has 3 aromatic rings. The topological polar surface area (TPSA) is 147 Å². The first kappa shape index (κ1) is 35.0. The minimum absolute atomic E-state index is 0.00371. The van der Waals surface area contributed by atoms with E-state index in [0.29, 0.717) is 41.5 Å². The monoisotopic (exact) mass is 681 g/mol. The molecule has 0 saturated carbocycles. The third kappa shape index (κ3) is 8.58. The van der Waals surface area contributed by atoms with Crippen molar-refractivity contribution in [2.75, 3.05) is 32.4 Å². The average Bonchev–Trinajstić information content (AvgIpc) is 3.58. The van der Waals surface area contributed by atoms with E-state index in [2.05, 4.69) is 20.4 Å². The Bertz CT molecular complexity index is 1680. The van der Waals surface area contributed by atoms with E-state index in [-0.39, 0.29) is 55.9 Å². The van der Waals surface area contributed by atoms with Gasteiger partial charge in [0.05, 0.1) is 30.2 Å². The van der Waals surface area contributed by atoms with Crippen molar-refractivity contribution in [3.05, 3.63) is 52.3 Å². The molecule has 4 heterocycles. The number of alkyl halides is 3. The number of fused-ring (bicyclic) bond motifs is 1. The summed E-state index contributed by atoms with van der Waals surface area (Å²) in [5.41, 5.74) is 1.04. The Morgan fingerprint density at radius 1 is 1.17 bits per heavy atom. The number of rotatable bonds is 11. The lowest BCUT2D eigenvalue weighted by Gasteiger charge is -2.32. The zero-order valence-corrected chi connectivity index (χ0v) is 27.9. The first-order chi connectivity index (χ1) is 22.1. The number of sulfonamides is 1. The lowest BCUT2D eigenvalue weighted by atomic mass is 9.96. The van der Waals surface area contributed by atoms with Crippen LogP contribution in [0.3, 0.4) is 0 Å². The number of aromatic nitrogens is 4. The fourth-order valence-corrected chi connectivity index (χ4v) is 7.12. The summed E-state index contributed by atoms with van der Waals surface area (Å²) in [5, 5.41) is 22.4. The van der Waals surface area contributed by atoms with E-state index in [1.54, 1.807) is 11.6 Å². The maximum absolute atomic E-state index is 14.0. The molecule has 16 heteroatoms. The van der Waals surface area contributed by atoms with Crippen molar-refractivity contribution >= 4 is 15.9 Å². The van der Waals surface area contributed by atoms with Crippen molar-refractivity contribution in [1.82, 2.24) is 34.4 Å². The molecule has 258 valence electrons. The molecule has 1 atom stereocenters. The molecule has 2 aliphatic heterocycles. The second-order valence-electron chi connectivity index (χ2n) is 13.0. The second-order valence-corrected chi connectivity index (χ2v) is 14.9. The van der Waals surface area contributed by atoms with Crippen molar-refractivity contribution in [1.29, 1.82) is 0 Å². The molecule has 2 aliphatic rings. The van der Waals surface area contributed by atoms with E-state index in [1.165, 1.54) is 16.4 Å². The SMILES string of the molecule is Cc1noc(C2CCN(CC(O)Cn3nc(-c4ccc(C(F)(F)F)c(CNC(=O)CC(C)C)c4)c4c3CCN(S(C)(=O)=O)C4)CC2)n1. The highest BCUT2D eigenvalue weighted by atomic mass is 32.2. The number of carbonyl (C=O) groups is 1. The number of carbonyl (C=O) groups excluding carboxylic acids is 1. The number of nitrogens with one attached hydrogen (secondary N) is 1.